The molecule has 1 aliphatic heterocycles. The van der Waals surface area contributed by atoms with Crippen LogP contribution in [0.3, 0.4) is 0 Å². The minimum Gasteiger partial charge on any atom is -0.361 e. The lowest BCUT2D eigenvalue weighted by atomic mass is 10.0. The fourth-order valence-electron chi connectivity index (χ4n) is 4.53. The molecule has 1 aliphatic rings. The molecular formula is C25H29ClN4O2. The zero-order valence-corrected chi connectivity index (χ0v) is 19.0. The molecular weight excluding hydrogens is 424 g/mol. The summed E-state index contributed by atoms with van der Waals surface area (Å²) in [5, 5.41) is 7.67. The molecule has 6 nitrogen and oxygen atoms in total. The highest BCUT2D eigenvalue weighted by molar-refractivity contribution is 6.31. The molecule has 4 rings (SSSR count). The second-order valence-electron chi connectivity index (χ2n) is 8.34. The lowest BCUT2D eigenvalue weighted by Gasteiger charge is -2.29. The number of aromatic nitrogens is 1. The fourth-order valence-corrected chi connectivity index (χ4v) is 4.79. The minimum absolute atomic E-state index is 0.00113. The molecule has 7 heteroatoms. The topological polar surface area (TPSA) is 77.2 Å². The van der Waals surface area contributed by atoms with Gasteiger partial charge in [0, 0.05) is 42.0 Å². The van der Waals surface area contributed by atoms with Crippen LogP contribution in [0.25, 0.3) is 10.9 Å². The third-order valence-electron chi connectivity index (χ3n) is 6.11. The molecule has 2 heterocycles. The normalized spacial score (nSPS) is 16.1. The summed E-state index contributed by atoms with van der Waals surface area (Å²) in [6.07, 6.45) is 4.60. The highest BCUT2D eigenvalue weighted by Gasteiger charge is 2.27. The largest absolute Gasteiger partial charge is 0.361 e. The summed E-state index contributed by atoms with van der Waals surface area (Å²) in [7, 11) is 0. The number of hydrogen-bond donors (Lipinski definition) is 3. The average molecular weight is 453 g/mol. The molecule has 1 fully saturated rings. The van der Waals surface area contributed by atoms with Crippen LogP contribution >= 0.6 is 11.6 Å². The van der Waals surface area contributed by atoms with E-state index in [4.69, 9.17) is 11.6 Å². The average Bonchev–Trinajstić information content (AvgIpc) is 3.45. The number of fused-ring (bicyclic) bond motifs is 1. The summed E-state index contributed by atoms with van der Waals surface area (Å²) in [4.78, 5) is 30.6. The van der Waals surface area contributed by atoms with Gasteiger partial charge in [-0.3, -0.25) is 14.5 Å². The summed E-state index contributed by atoms with van der Waals surface area (Å²) in [5.41, 5.74) is 3.03. The lowest BCUT2D eigenvalue weighted by molar-refractivity contribution is -0.128. The van der Waals surface area contributed by atoms with Gasteiger partial charge in [0.25, 0.3) is 0 Å². The summed E-state index contributed by atoms with van der Waals surface area (Å²) < 4.78 is 0. The third-order valence-corrected chi connectivity index (χ3v) is 6.45. The van der Waals surface area contributed by atoms with E-state index in [0.717, 1.165) is 48.0 Å². The Kier molecular flexibility index (Phi) is 7.12. The van der Waals surface area contributed by atoms with E-state index >= 15 is 0 Å². The van der Waals surface area contributed by atoms with Gasteiger partial charge >= 0.3 is 0 Å². The molecule has 0 aliphatic carbocycles. The number of rotatable bonds is 8. The Morgan fingerprint density at radius 1 is 1.09 bits per heavy atom. The molecule has 2 atom stereocenters. The molecule has 0 spiro atoms. The maximum Gasteiger partial charge on any atom is 0.242 e. The van der Waals surface area contributed by atoms with Crippen molar-refractivity contribution in [3.8, 4) is 0 Å². The van der Waals surface area contributed by atoms with Gasteiger partial charge in [-0.15, -0.1) is 0 Å². The second kappa shape index (κ2) is 10.2. The number of nitrogens with one attached hydrogen (secondary N) is 3. The van der Waals surface area contributed by atoms with Crippen LogP contribution in [0.4, 0.5) is 0 Å². The van der Waals surface area contributed by atoms with Gasteiger partial charge in [-0.05, 0) is 49.2 Å². The van der Waals surface area contributed by atoms with Crippen molar-refractivity contribution in [2.45, 2.75) is 38.3 Å². The van der Waals surface area contributed by atoms with Crippen LogP contribution in [0.15, 0.2) is 54.7 Å². The predicted octanol–water partition coefficient (Wildman–Crippen LogP) is 3.82. The smallest absolute Gasteiger partial charge is 0.242 e. The van der Waals surface area contributed by atoms with E-state index in [1.807, 2.05) is 54.7 Å². The Bertz CT molecular complexity index is 1090. The van der Waals surface area contributed by atoms with Gasteiger partial charge in [0.2, 0.25) is 11.8 Å². The van der Waals surface area contributed by atoms with Crippen molar-refractivity contribution in [1.29, 1.82) is 0 Å². The molecule has 3 N–H and O–H groups in total. The summed E-state index contributed by atoms with van der Waals surface area (Å²) >= 11 is 6.49. The van der Waals surface area contributed by atoms with E-state index < -0.39 is 6.04 Å². The monoisotopic (exact) mass is 452 g/mol. The van der Waals surface area contributed by atoms with Gasteiger partial charge in [-0.2, -0.15) is 0 Å². The molecule has 32 heavy (non-hydrogen) atoms. The second-order valence-corrected chi connectivity index (χ2v) is 8.75. The number of aromatic amines is 1. The van der Waals surface area contributed by atoms with Crippen molar-refractivity contribution in [2.24, 2.45) is 0 Å². The molecule has 2 aromatic carbocycles. The molecule has 0 unspecified atom stereocenters. The fraction of sp³-hybridized carbons (Fsp3) is 0.360. The van der Waals surface area contributed by atoms with Gasteiger partial charge in [-0.1, -0.05) is 48.0 Å². The summed E-state index contributed by atoms with van der Waals surface area (Å²) in [6, 6.07) is 15.1. The SMILES string of the molecule is CC(=O)N[C@H](Cc1c[nH]c2ccccc12)C(=O)NC[C@H](c1ccccc1Cl)N1CCCC1. The number of amides is 2. The Labute approximate surface area is 193 Å². The van der Waals surface area contributed by atoms with Crippen LogP contribution < -0.4 is 10.6 Å². The van der Waals surface area contributed by atoms with Crippen molar-refractivity contribution in [2.75, 3.05) is 19.6 Å². The zero-order valence-electron chi connectivity index (χ0n) is 18.2. The van der Waals surface area contributed by atoms with Crippen LogP contribution in [0.2, 0.25) is 5.02 Å². The molecule has 2 amide bonds. The van der Waals surface area contributed by atoms with E-state index in [9.17, 15) is 9.59 Å². The van der Waals surface area contributed by atoms with Crippen LogP contribution in [0, 0.1) is 0 Å². The van der Waals surface area contributed by atoms with Gasteiger partial charge in [-0.25, -0.2) is 0 Å². The van der Waals surface area contributed by atoms with Crippen molar-refractivity contribution in [3.05, 3.63) is 70.9 Å². The number of benzene rings is 2. The van der Waals surface area contributed by atoms with Crippen LogP contribution in [-0.2, 0) is 16.0 Å². The van der Waals surface area contributed by atoms with Gasteiger partial charge in [0.1, 0.15) is 6.04 Å². The van der Waals surface area contributed by atoms with E-state index in [-0.39, 0.29) is 17.9 Å². The Morgan fingerprint density at radius 3 is 2.56 bits per heavy atom. The number of hydrogen-bond acceptors (Lipinski definition) is 3. The minimum atomic E-state index is -0.655. The molecule has 1 saturated heterocycles. The summed E-state index contributed by atoms with van der Waals surface area (Å²) in [5.74, 6) is -0.422. The number of likely N-dealkylation sites (tertiary alicyclic amines) is 1. The van der Waals surface area contributed by atoms with Crippen LogP contribution in [0.5, 0.6) is 0 Å². The number of nitrogens with zero attached hydrogens (tertiary/aromatic N) is 1. The van der Waals surface area contributed by atoms with Crippen molar-refractivity contribution in [1.82, 2.24) is 20.5 Å². The van der Waals surface area contributed by atoms with Gasteiger partial charge < -0.3 is 15.6 Å². The van der Waals surface area contributed by atoms with Crippen LogP contribution in [0.1, 0.15) is 36.9 Å². The van der Waals surface area contributed by atoms with Crippen molar-refractivity contribution >= 4 is 34.3 Å². The lowest BCUT2D eigenvalue weighted by Crippen LogP contribution is -2.49. The van der Waals surface area contributed by atoms with E-state index in [0.29, 0.717) is 18.0 Å². The Morgan fingerprint density at radius 2 is 1.81 bits per heavy atom. The zero-order chi connectivity index (χ0) is 22.5. The molecule has 0 radical (unpaired) electrons. The number of carbonyl (C=O) groups excluding carboxylic acids is 2. The highest BCUT2D eigenvalue weighted by atomic mass is 35.5. The van der Waals surface area contributed by atoms with Crippen LogP contribution in [-0.4, -0.2) is 47.4 Å². The number of carbonyl (C=O) groups is 2. The number of para-hydroxylation sites is 1. The first-order valence-electron chi connectivity index (χ1n) is 11.1. The van der Waals surface area contributed by atoms with Gasteiger partial charge in [0.05, 0.1) is 6.04 Å². The Hall–Kier alpha value is -2.83. The maximum absolute atomic E-state index is 13.2. The van der Waals surface area contributed by atoms with Gasteiger partial charge in [0.15, 0.2) is 0 Å². The first-order valence-corrected chi connectivity index (χ1v) is 11.5. The molecule has 3 aromatic rings. The molecule has 0 saturated carbocycles. The maximum atomic E-state index is 13.2. The molecule has 1 aromatic heterocycles. The highest BCUT2D eigenvalue weighted by Crippen LogP contribution is 2.29. The van der Waals surface area contributed by atoms with E-state index in [2.05, 4.69) is 20.5 Å². The van der Waals surface area contributed by atoms with Crippen molar-refractivity contribution < 1.29 is 9.59 Å². The van der Waals surface area contributed by atoms with Crippen molar-refractivity contribution in [3.63, 3.8) is 0 Å². The standard InChI is InChI=1S/C25H29ClN4O2/c1-17(31)29-23(14-18-15-27-22-11-5-3-8-19(18)22)25(32)28-16-24(30-12-6-7-13-30)20-9-2-4-10-21(20)26/h2-5,8-11,15,23-24,27H,6-7,12-14,16H2,1H3,(H,28,32)(H,29,31)/t23-,24-/m1/s1. The molecule has 0 bridgehead atoms. The summed E-state index contributed by atoms with van der Waals surface area (Å²) in [6.45, 7) is 3.84. The predicted molar refractivity (Wildman–Crippen MR) is 128 cm³/mol. The third kappa shape index (κ3) is 5.14. The number of halogens is 1. The first kappa shape index (κ1) is 22.4. The first-order chi connectivity index (χ1) is 15.5. The quantitative estimate of drug-likeness (QED) is 0.486. The van der Waals surface area contributed by atoms with E-state index in [1.165, 1.54) is 6.92 Å². The Balaban J connectivity index is 1.50. The number of H-pyrrole nitrogens is 1. The molecule has 168 valence electrons. The van der Waals surface area contributed by atoms with E-state index in [1.54, 1.807) is 0 Å².